The Balaban J connectivity index is 2.81. The first-order chi connectivity index (χ1) is 8.74. The summed E-state index contributed by atoms with van der Waals surface area (Å²) in [5.41, 5.74) is 0.842. The van der Waals surface area contributed by atoms with Crippen LogP contribution < -0.4 is 4.74 Å². The van der Waals surface area contributed by atoms with E-state index in [1.165, 1.54) is 13.2 Å². The summed E-state index contributed by atoms with van der Waals surface area (Å²) in [6.07, 6.45) is 0. The monoisotopic (exact) mass is 282 g/mol. The molecule has 0 radical (unpaired) electrons. The molecule has 1 rings (SSSR count). The molecule has 0 unspecified atom stereocenters. The Morgan fingerprint density at radius 3 is 2.42 bits per heavy atom. The molecule has 0 heterocycles. The molecular formula is C14H22O4Si. The van der Waals surface area contributed by atoms with Gasteiger partial charge >= 0.3 is 5.97 Å². The lowest BCUT2D eigenvalue weighted by atomic mass is 10.1. The number of benzene rings is 1. The number of hydrogen-bond donors (Lipinski definition) is 1. The molecule has 1 N–H and O–H groups in total. The second-order valence-electron chi connectivity index (χ2n) is 5.79. The van der Waals surface area contributed by atoms with Crippen LogP contribution in [-0.4, -0.2) is 32.9 Å². The molecule has 0 bridgehead atoms. The van der Waals surface area contributed by atoms with Gasteiger partial charge < -0.3 is 14.6 Å². The van der Waals surface area contributed by atoms with E-state index in [1.54, 1.807) is 13.0 Å². The molecule has 19 heavy (non-hydrogen) atoms. The molecule has 0 saturated heterocycles. The first-order valence-electron chi connectivity index (χ1n) is 6.29. The third-order valence-corrected chi connectivity index (χ3v) is 4.50. The molecule has 0 aliphatic rings. The van der Waals surface area contributed by atoms with Crippen LogP contribution in [0.3, 0.4) is 0 Å². The van der Waals surface area contributed by atoms with Crippen molar-refractivity contribution < 1.29 is 19.4 Å². The normalized spacial score (nSPS) is 11.2. The summed E-state index contributed by atoms with van der Waals surface area (Å²) in [7, 11) is 0.157. The third-order valence-electron chi connectivity index (χ3n) is 2.80. The number of carbonyl (C=O) groups is 1. The van der Waals surface area contributed by atoms with Crippen molar-refractivity contribution in [3.63, 3.8) is 0 Å². The Hall–Kier alpha value is -1.49. The molecule has 1 aromatic carbocycles. The molecular weight excluding hydrogens is 260 g/mol. The number of esters is 1. The fourth-order valence-electron chi connectivity index (χ4n) is 1.66. The van der Waals surface area contributed by atoms with Crippen LogP contribution in [0.2, 0.25) is 25.7 Å². The van der Waals surface area contributed by atoms with Crippen LogP contribution in [0, 0.1) is 6.92 Å². The van der Waals surface area contributed by atoms with Crippen molar-refractivity contribution in [2.75, 3.05) is 13.7 Å². The van der Waals surface area contributed by atoms with E-state index < -0.39 is 14.0 Å². The molecule has 4 nitrogen and oxygen atoms in total. The first kappa shape index (κ1) is 15.6. The second kappa shape index (κ2) is 6.10. The van der Waals surface area contributed by atoms with Crippen molar-refractivity contribution in [3.05, 3.63) is 23.3 Å². The zero-order valence-electron chi connectivity index (χ0n) is 12.2. The van der Waals surface area contributed by atoms with Crippen molar-refractivity contribution >= 4 is 14.0 Å². The number of rotatable bonds is 5. The SMILES string of the molecule is COC(=O)c1c(C)cc(OCC[Si](C)(C)C)cc1O. The van der Waals surface area contributed by atoms with Gasteiger partial charge in [-0.2, -0.15) is 0 Å². The Bertz CT molecular complexity index is 440. The molecule has 1 aromatic rings. The Morgan fingerprint density at radius 1 is 1.32 bits per heavy atom. The van der Waals surface area contributed by atoms with Gasteiger partial charge in [0.1, 0.15) is 17.1 Å². The zero-order chi connectivity index (χ0) is 14.6. The van der Waals surface area contributed by atoms with E-state index in [0.29, 0.717) is 17.9 Å². The van der Waals surface area contributed by atoms with Crippen molar-refractivity contribution in [1.29, 1.82) is 0 Å². The van der Waals surface area contributed by atoms with E-state index in [1.807, 2.05) is 0 Å². The van der Waals surface area contributed by atoms with Crippen molar-refractivity contribution in [3.8, 4) is 11.5 Å². The summed E-state index contributed by atoms with van der Waals surface area (Å²) in [5.74, 6) is -0.0561. The highest BCUT2D eigenvalue weighted by molar-refractivity contribution is 6.76. The Morgan fingerprint density at radius 2 is 1.95 bits per heavy atom. The average molecular weight is 282 g/mol. The molecule has 0 saturated carbocycles. The number of phenolic OH excluding ortho intramolecular Hbond substituents is 1. The van der Waals surface area contributed by atoms with Crippen LogP contribution in [0.15, 0.2) is 12.1 Å². The minimum absolute atomic E-state index is 0.102. The van der Waals surface area contributed by atoms with Gasteiger partial charge in [0.2, 0.25) is 0 Å². The van der Waals surface area contributed by atoms with Gasteiger partial charge in [0.15, 0.2) is 0 Å². The molecule has 0 aliphatic carbocycles. The third kappa shape index (κ3) is 4.59. The highest BCUT2D eigenvalue weighted by Gasteiger charge is 2.17. The summed E-state index contributed by atoms with van der Waals surface area (Å²) in [5, 5.41) is 9.86. The van der Waals surface area contributed by atoms with Gasteiger partial charge in [-0.15, -0.1) is 0 Å². The molecule has 0 spiro atoms. The standard InChI is InChI=1S/C14H22O4Si/c1-10-8-11(18-6-7-19(3,4)5)9-12(15)13(10)14(16)17-2/h8-9,15H,6-7H2,1-5H3. The van der Waals surface area contributed by atoms with E-state index in [9.17, 15) is 9.90 Å². The van der Waals surface area contributed by atoms with Crippen LogP contribution in [0.5, 0.6) is 11.5 Å². The van der Waals surface area contributed by atoms with Crippen molar-refractivity contribution in [1.82, 2.24) is 0 Å². The van der Waals surface area contributed by atoms with Crippen molar-refractivity contribution in [2.45, 2.75) is 32.6 Å². The lowest BCUT2D eigenvalue weighted by Crippen LogP contribution is -2.22. The molecule has 5 heteroatoms. The Labute approximate surface area is 115 Å². The van der Waals surface area contributed by atoms with Gasteiger partial charge in [-0.05, 0) is 24.6 Å². The molecule has 0 aliphatic heterocycles. The number of aromatic hydroxyl groups is 1. The van der Waals surface area contributed by atoms with Crippen molar-refractivity contribution in [2.24, 2.45) is 0 Å². The van der Waals surface area contributed by atoms with Gasteiger partial charge in [0.25, 0.3) is 0 Å². The summed E-state index contributed by atoms with van der Waals surface area (Å²) >= 11 is 0. The highest BCUT2D eigenvalue weighted by Crippen LogP contribution is 2.28. The maximum absolute atomic E-state index is 11.5. The van der Waals surface area contributed by atoms with Crippen LogP contribution >= 0.6 is 0 Å². The predicted molar refractivity (Wildman–Crippen MR) is 77.8 cm³/mol. The number of aryl methyl sites for hydroxylation is 1. The van der Waals surface area contributed by atoms with E-state index in [4.69, 9.17) is 4.74 Å². The molecule has 0 aromatic heterocycles. The maximum atomic E-state index is 11.5. The summed E-state index contributed by atoms with van der Waals surface area (Å²) in [6.45, 7) is 9.21. The van der Waals surface area contributed by atoms with Gasteiger partial charge in [0.05, 0.1) is 13.7 Å². The Kier molecular flexibility index (Phi) is 5.00. The maximum Gasteiger partial charge on any atom is 0.341 e. The van der Waals surface area contributed by atoms with E-state index >= 15 is 0 Å². The van der Waals surface area contributed by atoms with E-state index in [2.05, 4.69) is 24.4 Å². The lowest BCUT2D eigenvalue weighted by Gasteiger charge is -2.16. The molecule has 0 amide bonds. The predicted octanol–water partition coefficient (Wildman–Crippen LogP) is 3.20. The van der Waals surface area contributed by atoms with Crippen LogP contribution in [0.4, 0.5) is 0 Å². The average Bonchev–Trinajstić information content (AvgIpc) is 2.26. The van der Waals surface area contributed by atoms with Gasteiger partial charge in [0, 0.05) is 14.1 Å². The summed E-state index contributed by atoms with van der Waals surface area (Å²) in [4.78, 5) is 11.5. The topological polar surface area (TPSA) is 55.8 Å². The van der Waals surface area contributed by atoms with Crippen LogP contribution in [0.25, 0.3) is 0 Å². The quantitative estimate of drug-likeness (QED) is 0.665. The summed E-state index contributed by atoms with van der Waals surface area (Å²) < 4.78 is 10.3. The number of methoxy groups -OCH3 is 1. The zero-order valence-corrected chi connectivity index (χ0v) is 13.2. The highest BCUT2D eigenvalue weighted by atomic mass is 28.3. The second-order valence-corrected chi connectivity index (χ2v) is 11.4. The summed E-state index contributed by atoms with van der Waals surface area (Å²) in [6, 6.07) is 4.26. The van der Waals surface area contributed by atoms with E-state index in [-0.39, 0.29) is 11.3 Å². The minimum Gasteiger partial charge on any atom is -0.507 e. The van der Waals surface area contributed by atoms with Crippen LogP contribution in [-0.2, 0) is 4.74 Å². The number of phenols is 1. The largest absolute Gasteiger partial charge is 0.507 e. The fourth-order valence-corrected chi connectivity index (χ4v) is 2.38. The fraction of sp³-hybridized carbons (Fsp3) is 0.500. The lowest BCUT2D eigenvalue weighted by molar-refractivity contribution is 0.0596. The van der Waals surface area contributed by atoms with Crippen LogP contribution in [0.1, 0.15) is 15.9 Å². The number of ether oxygens (including phenoxy) is 2. The van der Waals surface area contributed by atoms with Gasteiger partial charge in [-0.25, -0.2) is 4.79 Å². The first-order valence-corrected chi connectivity index (χ1v) is 10.00. The van der Waals surface area contributed by atoms with Gasteiger partial charge in [-0.1, -0.05) is 19.6 Å². The van der Waals surface area contributed by atoms with Gasteiger partial charge in [-0.3, -0.25) is 0 Å². The van der Waals surface area contributed by atoms with E-state index in [0.717, 1.165) is 6.04 Å². The molecule has 106 valence electrons. The molecule has 0 atom stereocenters. The number of hydrogen-bond acceptors (Lipinski definition) is 4. The smallest absolute Gasteiger partial charge is 0.341 e. The molecule has 0 fully saturated rings. The minimum atomic E-state index is -1.13. The number of carbonyl (C=O) groups excluding carboxylic acids is 1.